The summed E-state index contributed by atoms with van der Waals surface area (Å²) in [5.74, 6) is -1.18. The lowest BCUT2D eigenvalue weighted by Crippen LogP contribution is -2.48. The molecule has 2 aromatic rings. The highest BCUT2D eigenvalue weighted by Gasteiger charge is 2.11. The van der Waals surface area contributed by atoms with Crippen molar-refractivity contribution >= 4 is 40.7 Å². The van der Waals surface area contributed by atoms with Crippen molar-refractivity contribution in [2.75, 3.05) is 5.32 Å². The lowest BCUT2D eigenvalue weighted by atomic mass is 10.2. The average Bonchev–Trinajstić information content (AvgIpc) is 3.14. The van der Waals surface area contributed by atoms with Gasteiger partial charge < -0.3 is 9.73 Å². The number of hydrogen-bond donors (Lipinski definition) is 4. The first kappa shape index (κ1) is 18.1. The second kappa shape index (κ2) is 9.18. The molecule has 4 N–H and O–H groups in total. The Morgan fingerprint density at radius 1 is 0.920 bits per heavy atom. The van der Waals surface area contributed by atoms with Crippen LogP contribution >= 0.6 is 12.2 Å². The van der Waals surface area contributed by atoms with Crippen LogP contribution in [0.2, 0.25) is 0 Å². The highest BCUT2D eigenvalue weighted by atomic mass is 32.1. The Hall–Kier alpha value is -3.20. The average molecular weight is 360 g/mol. The fourth-order valence-corrected chi connectivity index (χ4v) is 1.91. The van der Waals surface area contributed by atoms with Crippen molar-refractivity contribution in [2.24, 2.45) is 0 Å². The van der Waals surface area contributed by atoms with Gasteiger partial charge in [-0.2, -0.15) is 0 Å². The third-order valence-electron chi connectivity index (χ3n) is 2.92. The van der Waals surface area contributed by atoms with Crippen molar-refractivity contribution in [3.63, 3.8) is 0 Å². The molecule has 0 saturated carbocycles. The van der Waals surface area contributed by atoms with Crippen LogP contribution < -0.4 is 21.5 Å². The van der Waals surface area contributed by atoms with Crippen molar-refractivity contribution in [1.82, 2.24) is 16.2 Å². The summed E-state index contributed by atoms with van der Waals surface area (Å²) < 4.78 is 4.90. The van der Waals surface area contributed by atoms with E-state index in [1.54, 1.807) is 30.3 Å². The number of rotatable bonds is 5. The van der Waals surface area contributed by atoms with E-state index >= 15 is 0 Å². The maximum absolute atomic E-state index is 11.7. The van der Waals surface area contributed by atoms with Gasteiger partial charge in [-0.3, -0.25) is 30.6 Å². The zero-order valence-corrected chi connectivity index (χ0v) is 13.9. The van der Waals surface area contributed by atoms with Gasteiger partial charge in [-0.25, -0.2) is 0 Å². The summed E-state index contributed by atoms with van der Waals surface area (Å²) in [5, 5.41) is 4.91. The van der Waals surface area contributed by atoms with Gasteiger partial charge in [0.1, 0.15) is 0 Å². The molecular weight excluding hydrogens is 344 g/mol. The number of para-hydroxylation sites is 1. The minimum atomic E-state index is -0.543. The molecule has 1 aromatic heterocycles. The van der Waals surface area contributed by atoms with Crippen LogP contribution in [0.3, 0.4) is 0 Å². The number of anilines is 1. The molecule has 0 fully saturated rings. The second-order valence-corrected chi connectivity index (χ2v) is 5.26. The Labute approximate surface area is 148 Å². The molecule has 2 rings (SSSR count). The van der Waals surface area contributed by atoms with E-state index in [9.17, 15) is 14.4 Å². The summed E-state index contributed by atoms with van der Waals surface area (Å²) in [7, 11) is 0. The van der Waals surface area contributed by atoms with Crippen molar-refractivity contribution < 1.29 is 18.8 Å². The van der Waals surface area contributed by atoms with Crippen molar-refractivity contribution in [3.05, 3.63) is 54.5 Å². The van der Waals surface area contributed by atoms with Gasteiger partial charge >= 0.3 is 0 Å². The van der Waals surface area contributed by atoms with Crippen LogP contribution in [0.15, 0.2) is 53.1 Å². The highest BCUT2D eigenvalue weighted by molar-refractivity contribution is 7.80. The SMILES string of the molecule is O=C(CCC(=O)Nc1ccccc1)NNC(=S)NC(=O)c1ccco1. The van der Waals surface area contributed by atoms with Crippen LogP contribution in [-0.2, 0) is 9.59 Å². The quantitative estimate of drug-likeness (QED) is 0.473. The normalized spacial score (nSPS) is 9.76. The zero-order chi connectivity index (χ0) is 18.1. The molecule has 0 aliphatic heterocycles. The van der Waals surface area contributed by atoms with Crippen molar-refractivity contribution in [3.8, 4) is 0 Å². The largest absolute Gasteiger partial charge is 0.459 e. The van der Waals surface area contributed by atoms with Gasteiger partial charge in [0.05, 0.1) is 6.26 Å². The number of carbonyl (C=O) groups excluding carboxylic acids is 3. The predicted molar refractivity (Wildman–Crippen MR) is 94.4 cm³/mol. The molecule has 1 heterocycles. The van der Waals surface area contributed by atoms with Crippen LogP contribution in [0.1, 0.15) is 23.4 Å². The molecule has 25 heavy (non-hydrogen) atoms. The maximum atomic E-state index is 11.7. The fourth-order valence-electron chi connectivity index (χ4n) is 1.76. The summed E-state index contributed by atoms with van der Waals surface area (Å²) >= 11 is 4.87. The third-order valence-corrected chi connectivity index (χ3v) is 3.13. The molecule has 0 aliphatic rings. The fraction of sp³-hybridized carbons (Fsp3) is 0.125. The minimum Gasteiger partial charge on any atom is -0.459 e. The van der Waals surface area contributed by atoms with Crippen molar-refractivity contribution in [1.29, 1.82) is 0 Å². The monoisotopic (exact) mass is 360 g/mol. The topological polar surface area (TPSA) is 112 Å². The van der Waals surface area contributed by atoms with E-state index in [2.05, 4.69) is 21.5 Å². The third kappa shape index (κ3) is 6.43. The lowest BCUT2D eigenvalue weighted by Gasteiger charge is -2.10. The molecule has 0 saturated heterocycles. The number of carbonyl (C=O) groups is 3. The minimum absolute atomic E-state index is 0.00786. The lowest BCUT2D eigenvalue weighted by molar-refractivity contribution is -0.124. The molecule has 0 aliphatic carbocycles. The molecule has 0 atom stereocenters. The van der Waals surface area contributed by atoms with E-state index in [-0.39, 0.29) is 29.6 Å². The van der Waals surface area contributed by atoms with E-state index in [1.807, 2.05) is 6.07 Å². The molecule has 1 aromatic carbocycles. The van der Waals surface area contributed by atoms with Gasteiger partial charge in [0.15, 0.2) is 10.9 Å². The van der Waals surface area contributed by atoms with Gasteiger partial charge in [-0.1, -0.05) is 18.2 Å². The number of benzene rings is 1. The summed E-state index contributed by atoms with van der Waals surface area (Å²) in [6.45, 7) is 0. The number of hydrazine groups is 1. The summed E-state index contributed by atoms with van der Waals surface area (Å²) in [6, 6.07) is 12.0. The van der Waals surface area contributed by atoms with E-state index in [0.29, 0.717) is 5.69 Å². The second-order valence-electron chi connectivity index (χ2n) is 4.85. The van der Waals surface area contributed by atoms with Gasteiger partial charge in [-0.05, 0) is 36.5 Å². The summed E-state index contributed by atoms with van der Waals surface area (Å²) in [5.41, 5.74) is 5.33. The molecule has 0 unspecified atom stereocenters. The van der Waals surface area contributed by atoms with Crippen LogP contribution in [0.25, 0.3) is 0 Å². The first-order valence-corrected chi connectivity index (χ1v) is 7.74. The van der Waals surface area contributed by atoms with E-state index < -0.39 is 11.8 Å². The van der Waals surface area contributed by atoms with Crippen LogP contribution in [0.4, 0.5) is 5.69 Å². The first-order valence-electron chi connectivity index (χ1n) is 7.33. The van der Waals surface area contributed by atoms with Crippen LogP contribution in [0.5, 0.6) is 0 Å². The predicted octanol–water partition coefficient (Wildman–Crippen LogP) is 1.33. The Balaban J connectivity index is 1.64. The molecule has 9 heteroatoms. The summed E-state index contributed by atoms with van der Waals surface area (Å²) in [6.07, 6.45) is 1.32. The van der Waals surface area contributed by atoms with Gasteiger partial charge in [0.2, 0.25) is 11.8 Å². The van der Waals surface area contributed by atoms with Crippen LogP contribution in [-0.4, -0.2) is 22.8 Å². The van der Waals surface area contributed by atoms with Crippen LogP contribution in [0, 0.1) is 0 Å². The maximum Gasteiger partial charge on any atom is 0.293 e. The highest BCUT2D eigenvalue weighted by Crippen LogP contribution is 2.05. The van der Waals surface area contributed by atoms with Gasteiger partial charge in [-0.15, -0.1) is 0 Å². The Bertz CT molecular complexity index is 747. The number of nitrogens with one attached hydrogen (secondary N) is 4. The molecular formula is C16H16N4O4S. The molecule has 3 amide bonds. The molecule has 8 nitrogen and oxygen atoms in total. The van der Waals surface area contributed by atoms with E-state index in [4.69, 9.17) is 16.6 Å². The van der Waals surface area contributed by atoms with E-state index in [1.165, 1.54) is 12.3 Å². The summed E-state index contributed by atoms with van der Waals surface area (Å²) in [4.78, 5) is 35.1. The Kier molecular flexibility index (Phi) is 6.66. The Morgan fingerprint density at radius 2 is 1.64 bits per heavy atom. The number of amides is 3. The number of hydrogen-bond acceptors (Lipinski definition) is 5. The zero-order valence-electron chi connectivity index (χ0n) is 13.1. The molecule has 130 valence electrons. The first-order chi connectivity index (χ1) is 12.0. The Morgan fingerprint density at radius 3 is 2.32 bits per heavy atom. The smallest absolute Gasteiger partial charge is 0.293 e. The number of furan rings is 1. The van der Waals surface area contributed by atoms with Crippen molar-refractivity contribution in [2.45, 2.75) is 12.8 Å². The molecule has 0 radical (unpaired) electrons. The standard InChI is InChI=1S/C16H16N4O4S/c21-13(17-11-5-2-1-3-6-11)8-9-14(22)19-20-16(25)18-15(23)12-7-4-10-24-12/h1-7,10H,8-9H2,(H,17,21)(H,19,22)(H2,18,20,23,25). The van der Waals surface area contributed by atoms with Gasteiger partial charge in [0.25, 0.3) is 5.91 Å². The van der Waals surface area contributed by atoms with Gasteiger partial charge in [0, 0.05) is 18.5 Å². The molecule has 0 bridgehead atoms. The molecule has 0 spiro atoms. The number of thiocarbonyl (C=S) groups is 1. The van der Waals surface area contributed by atoms with E-state index in [0.717, 1.165) is 0 Å².